The Hall–Kier alpha value is -1.59. The summed E-state index contributed by atoms with van der Waals surface area (Å²) in [7, 11) is 1.90. The van der Waals surface area contributed by atoms with E-state index in [2.05, 4.69) is 15.3 Å². The van der Waals surface area contributed by atoms with Crippen LogP contribution in [0, 0.1) is 0 Å². The van der Waals surface area contributed by atoms with Gasteiger partial charge in [0.15, 0.2) is 0 Å². The second-order valence-corrected chi connectivity index (χ2v) is 4.72. The summed E-state index contributed by atoms with van der Waals surface area (Å²) in [5, 5.41) is 3.25. The highest BCUT2D eigenvalue weighted by Gasteiger charge is 2.12. The zero-order valence-corrected chi connectivity index (χ0v) is 11.7. The molecule has 0 unspecified atom stereocenters. The number of carbonyl (C=O) groups is 1. The molecule has 0 aromatic carbocycles. The Kier molecular flexibility index (Phi) is 4.39. The summed E-state index contributed by atoms with van der Waals surface area (Å²) in [5.41, 5.74) is 0.133. The van der Waals surface area contributed by atoms with E-state index in [1.165, 1.54) is 6.07 Å². The van der Waals surface area contributed by atoms with Crippen LogP contribution < -0.4 is 5.32 Å². The number of hydrogen-bond acceptors (Lipinski definition) is 3. The van der Waals surface area contributed by atoms with Crippen molar-refractivity contribution in [3.8, 4) is 0 Å². The molecule has 0 bridgehead atoms. The number of aromatic nitrogens is 3. The van der Waals surface area contributed by atoms with Gasteiger partial charge in [-0.2, -0.15) is 0 Å². The molecule has 0 saturated carbocycles. The minimum atomic E-state index is -0.346. The van der Waals surface area contributed by atoms with Crippen molar-refractivity contribution in [1.29, 1.82) is 0 Å². The third-order valence-corrected chi connectivity index (χ3v) is 3.10. The van der Waals surface area contributed by atoms with Gasteiger partial charge in [-0.05, 0) is 12.1 Å². The van der Waals surface area contributed by atoms with Crippen molar-refractivity contribution < 1.29 is 4.79 Å². The number of imidazole rings is 1. The van der Waals surface area contributed by atoms with Gasteiger partial charge < -0.3 is 9.88 Å². The van der Waals surface area contributed by atoms with Crippen molar-refractivity contribution in [2.24, 2.45) is 7.05 Å². The summed E-state index contributed by atoms with van der Waals surface area (Å²) in [6.45, 7) is 0.453. The number of hydrogen-bond donors (Lipinski definition) is 1. The van der Waals surface area contributed by atoms with Crippen molar-refractivity contribution in [2.45, 2.75) is 6.42 Å². The molecule has 0 spiro atoms. The largest absolute Gasteiger partial charge is 0.350 e. The number of aryl methyl sites for hydroxylation is 1. The molecule has 2 heterocycles. The molecule has 2 aromatic heterocycles. The minimum absolute atomic E-state index is 0.133. The van der Waals surface area contributed by atoms with Gasteiger partial charge in [0, 0.05) is 32.4 Å². The Labute approximate surface area is 120 Å². The van der Waals surface area contributed by atoms with E-state index < -0.39 is 0 Å². The van der Waals surface area contributed by atoms with E-state index >= 15 is 0 Å². The van der Waals surface area contributed by atoms with E-state index in [1.54, 1.807) is 12.3 Å². The van der Waals surface area contributed by atoms with Crippen LogP contribution in [0.1, 0.15) is 16.3 Å². The lowest BCUT2D eigenvalue weighted by molar-refractivity contribution is 0.0949. The highest BCUT2D eigenvalue weighted by molar-refractivity contribution is 6.34. The van der Waals surface area contributed by atoms with Crippen molar-refractivity contribution in [3.05, 3.63) is 46.2 Å². The van der Waals surface area contributed by atoms with Gasteiger partial charge in [-0.25, -0.2) is 9.97 Å². The van der Waals surface area contributed by atoms with Gasteiger partial charge in [0.1, 0.15) is 16.7 Å². The van der Waals surface area contributed by atoms with E-state index in [9.17, 15) is 4.79 Å². The number of pyridine rings is 1. The second-order valence-electron chi connectivity index (χ2n) is 3.92. The van der Waals surface area contributed by atoms with E-state index in [4.69, 9.17) is 23.2 Å². The third kappa shape index (κ3) is 3.45. The number of amides is 1. The van der Waals surface area contributed by atoms with E-state index in [-0.39, 0.29) is 21.8 Å². The Morgan fingerprint density at radius 3 is 2.89 bits per heavy atom. The average Bonchev–Trinajstić information content (AvgIpc) is 2.78. The lowest BCUT2D eigenvalue weighted by Gasteiger charge is -2.06. The summed E-state index contributed by atoms with van der Waals surface area (Å²) in [6, 6.07) is 3.08. The van der Waals surface area contributed by atoms with Crippen LogP contribution in [-0.2, 0) is 13.5 Å². The average molecular weight is 299 g/mol. The highest BCUT2D eigenvalue weighted by atomic mass is 35.5. The van der Waals surface area contributed by atoms with Crippen LogP contribution in [0.5, 0.6) is 0 Å². The first-order valence-electron chi connectivity index (χ1n) is 5.64. The first-order valence-corrected chi connectivity index (χ1v) is 6.40. The molecule has 2 rings (SSSR count). The Bertz CT molecular complexity index is 597. The molecule has 0 aliphatic rings. The normalized spacial score (nSPS) is 10.5. The fourth-order valence-corrected chi connectivity index (χ4v) is 1.93. The standard InChI is InChI=1S/C12H12Cl2N4O/c1-18-7-6-15-10(18)4-5-16-12(19)11-8(13)2-3-9(14)17-11/h2-3,6-7H,4-5H2,1H3,(H,16,19). The summed E-state index contributed by atoms with van der Waals surface area (Å²) < 4.78 is 1.90. The number of halogens is 2. The molecule has 0 atom stereocenters. The molecule has 0 saturated heterocycles. The van der Waals surface area contributed by atoms with Crippen LogP contribution in [0.3, 0.4) is 0 Å². The van der Waals surface area contributed by atoms with Crippen LogP contribution in [0.2, 0.25) is 10.2 Å². The summed E-state index contributed by atoms with van der Waals surface area (Å²) >= 11 is 11.6. The second kappa shape index (κ2) is 6.04. The molecule has 1 N–H and O–H groups in total. The zero-order valence-electron chi connectivity index (χ0n) is 10.2. The molecular weight excluding hydrogens is 287 g/mol. The predicted molar refractivity (Wildman–Crippen MR) is 73.5 cm³/mol. The molecule has 0 aliphatic heterocycles. The van der Waals surface area contributed by atoms with Crippen LogP contribution in [0.15, 0.2) is 24.5 Å². The fourth-order valence-electron chi connectivity index (χ4n) is 1.59. The summed E-state index contributed by atoms with van der Waals surface area (Å²) in [5.74, 6) is 0.548. The van der Waals surface area contributed by atoms with Crippen molar-refractivity contribution in [1.82, 2.24) is 19.9 Å². The van der Waals surface area contributed by atoms with E-state index in [0.717, 1.165) is 5.82 Å². The molecule has 0 aliphatic carbocycles. The zero-order chi connectivity index (χ0) is 13.8. The number of nitrogens with zero attached hydrogens (tertiary/aromatic N) is 3. The van der Waals surface area contributed by atoms with Crippen LogP contribution >= 0.6 is 23.2 Å². The predicted octanol–water partition coefficient (Wildman–Crippen LogP) is 2.09. The first kappa shape index (κ1) is 13.8. The molecule has 0 fully saturated rings. The molecule has 100 valence electrons. The van der Waals surface area contributed by atoms with Crippen LogP contribution in [0.25, 0.3) is 0 Å². The van der Waals surface area contributed by atoms with Gasteiger partial charge in [0.2, 0.25) is 0 Å². The molecule has 1 amide bonds. The van der Waals surface area contributed by atoms with Crippen LogP contribution in [0.4, 0.5) is 0 Å². The van der Waals surface area contributed by atoms with Gasteiger partial charge in [-0.3, -0.25) is 4.79 Å². The molecular formula is C12H12Cl2N4O. The van der Waals surface area contributed by atoms with E-state index in [1.807, 2.05) is 17.8 Å². The van der Waals surface area contributed by atoms with Gasteiger partial charge in [0.25, 0.3) is 5.91 Å². The molecule has 7 heteroatoms. The van der Waals surface area contributed by atoms with Gasteiger partial charge >= 0.3 is 0 Å². The third-order valence-electron chi connectivity index (χ3n) is 2.58. The molecule has 19 heavy (non-hydrogen) atoms. The maximum Gasteiger partial charge on any atom is 0.271 e. The number of carbonyl (C=O) groups excluding carboxylic acids is 1. The minimum Gasteiger partial charge on any atom is -0.350 e. The van der Waals surface area contributed by atoms with Crippen LogP contribution in [-0.4, -0.2) is 27.0 Å². The maximum atomic E-state index is 11.9. The lowest BCUT2D eigenvalue weighted by Crippen LogP contribution is -2.27. The van der Waals surface area contributed by atoms with Crippen molar-refractivity contribution in [3.63, 3.8) is 0 Å². The summed E-state index contributed by atoms with van der Waals surface area (Å²) in [6.07, 6.45) is 4.20. The number of nitrogens with one attached hydrogen (secondary N) is 1. The molecule has 5 nitrogen and oxygen atoms in total. The van der Waals surface area contributed by atoms with Crippen molar-refractivity contribution >= 4 is 29.1 Å². The van der Waals surface area contributed by atoms with E-state index in [0.29, 0.717) is 13.0 Å². The Morgan fingerprint density at radius 2 is 2.21 bits per heavy atom. The maximum absolute atomic E-state index is 11.9. The van der Waals surface area contributed by atoms with Crippen molar-refractivity contribution in [2.75, 3.05) is 6.54 Å². The first-order chi connectivity index (χ1) is 9.08. The van der Waals surface area contributed by atoms with Gasteiger partial charge in [-0.15, -0.1) is 0 Å². The highest BCUT2D eigenvalue weighted by Crippen LogP contribution is 2.16. The monoisotopic (exact) mass is 298 g/mol. The smallest absolute Gasteiger partial charge is 0.271 e. The lowest BCUT2D eigenvalue weighted by atomic mass is 10.3. The number of rotatable bonds is 4. The van der Waals surface area contributed by atoms with Gasteiger partial charge in [-0.1, -0.05) is 23.2 Å². The summed E-state index contributed by atoms with van der Waals surface area (Å²) in [4.78, 5) is 20.0. The topological polar surface area (TPSA) is 59.8 Å². The van der Waals surface area contributed by atoms with Gasteiger partial charge in [0.05, 0.1) is 5.02 Å². The Morgan fingerprint density at radius 1 is 1.42 bits per heavy atom. The molecule has 2 aromatic rings. The quantitative estimate of drug-likeness (QED) is 0.879. The Balaban J connectivity index is 1.94. The SMILES string of the molecule is Cn1ccnc1CCNC(=O)c1nc(Cl)ccc1Cl. The molecule has 0 radical (unpaired) electrons. The fraction of sp³-hybridized carbons (Fsp3) is 0.250.